The fourth-order valence-corrected chi connectivity index (χ4v) is 1.37. The van der Waals surface area contributed by atoms with Crippen molar-refractivity contribution in [3.05, 3.63) is 29.0 Å². The van der Waals surface area contributed by atoms with Gasteiger partial charge in [-0.25, -0.2) is 4.39 Å². The minimum atomic E-state index is -0.516. The maximum absolute atomic E-state index is 13.4. The van der Waals surface area contributed by atoms with Gasteiger partial charge in [-0.15, -0.1) is 0 Å². The van der Waals surface area contributed by atoms with Gasteiger partial charge in [-0.05, 0) is 18.2 Å². The summed E-state index contributed by atoms with van der Waals surface area (Å²) in [6.07, 6.45) is 0.185. The van der Waals surface area contributed by atoms with Crippen LogP contribution in [0.25, 0.3) is 0 Å². The number of hydrogen-bond acceptors (Lipinski definition) is 2. The molecule has 5 heteroatoms. The first-order chi connectivity index (χ1) is 7.56. The fourth-order valence-electron chi connectivity index (χ4n) is 1.21. The molecule has 16 heavy (non-hydrogen) atoms. The van der Waals surface area contributed by atoms with E-state index in [1.807, 2.05) is 6.07 Å². The smallest absolute Gasteiger partial charge is 0.227 e. The maximum atomic E-state index is 13.4. The lowest BCUT2D eigenvalue weighted by atomic mass is 10.2. The van der Waals surface area contributed by atoms with E-state index in [0.717, 1.165) is 0 Å². The van der Waals surface area contributed by atoms with Crippen LogP contribution in [0.5, 0.6) is 0 Å². The lowest BCUT2D eigenvalue weighted by Gasteiger charge is -2.17. The second-order valence-corrected chi connectivity index (χ2v) is 3.64. The summed E-state index contributed by atoms with van der Waals surface area (Å²) in [7, 11) is 1.45. The molecule has 1 rings (SSSR count). The molecule has 0 aromatic heterocycles. The van der Waals surface area contributed by atoms with E-state index < -0.39 is 5.82 Å². The molecule has 0 unspecified atom stereocenters. The van der Waals surface area contributed by atoms with Crippen LogP contribution in [0.1, 0.15) is 12.8 Å². The minimum absolute atomic E-state index is 0.0684. The summed E-state index contributed by atoms with van der Waals surface area (Å²) in [5, 5.41) is 8.71. The molecule has 84 valence electrons. The topological polar surface area (TPSA) is 44.1 Å². The molecule has 3 nitrogen and oxygen atoms in total. The van der Waals surface area contributed by atoms with Crippen molar-refractivity contribution in [3.63, 3.8) is 0 Å². The van der Waals surface area contributed by atoms with Crippen LogP contribution in [-0.2, 0) is 4.79 Å². The van der Waals surface area contributed by atoms with Gasteiger partial charge in [0.05, 0.1) is 11.8 Å². The normalized spacial score (nSPS) is 9.62. The lowest BCUT2D eigenvalue weighted by molar-refractivity contribution is -0.118. The van der Waals surface area contributed by atoms with Crippen LogP contribution < -0.4 is 4.90 Å². The average molecular weight is 241 g/mol. The van der Waals surface area contributed by atoms with E-state index >= 15 is 0 Å². The van der Waals surface area contributed by atoms with Crippen LogP contribution in [0, 0.1) is 17.1 Å². The van der Waals surface area contributed by atoms with Gasteiger partial charge in [0.15, 0.2) is 0 Å². The van der Waals surface area contributed by atoms with Gasteiger partial charge in [-0.2, -0.15) is 5.26 Å². The Morgan fingerprint density at radius 2 is 2.31 bits per heavy atom. The van der Waals surface area contributed by atoms with Crippen molar-refractivity contribution in [2.75, 3.05) is 11.9 Å². The third kappa shape index (κ3) is 2.94. The Kier molecular flexibility index (Phi) is 4.27. The number of rotatable bonds is 3. The second kappa shape index (κ2) is 5.47. The van der Waals surface area contributed by atoms with Crippen molar-refractivity contribution >= 4 is 23.2 Å². The number of nitriles is 1. The number of carbonyl (C=O) groups is 1. The molecule has 0 bridgehead atoms. The van der Waals surface area contributed by atoms with Gasteiger partial charge in [0.1, 0.15) is 5.82 Å². The first-order valence-corrected chi connectivity index (χ1v) is 5.02. The largest absolute Gasteiger partial charge is 0.313 e. The Hall–Kier alpha value is -1.60. The van der Waals surface area contributed by atoms with Gasteiger partial charge in [0.25, 0.3) is 0 Å². The summed E-state index contributed by atoms with van der Waals surface area (Å²) in [5.41, 5.74) is 0.121. The lowest BCUT2D eigenvalue weighted by Crippen LogP contribution is -2.26. The average Bonchev–Trinajstić information content (AvgIpc) is 2.28. The quantitative estimate of drug-likeness (QED) is 0.815. The van der Waals surface area contributed by atoms with Crippen molar-refractivity contribution < 1.29 is 9.18 Å². The molecule has 0 radical (unpaired) electrons. The molecule has 0 saturated heterocycles. The summed E-state index contributed by atoms with van der Waals surface area (Å²) in [4.78, 5) is 12.7. The van der Waals surface area contributed by atoms with Gasteiger partial charge < -0.3 is 4.90 Å². The van der Waals surface area contributed by atoms with Crippen molar-refractivity contribution in [2.24, 2.45) is 0 Å². The highest BCUT2D eigenvalue weighted by Gasteiger charge is 2.14. The Morgan fingerprint density at radius 1 is 1.62 bits per heavy atom. The molecular formula is C11H10ClFN2O. The Balaban J connectivity index is 2.87. The molecular weight excluding hydrogens is 231 g/mol. The van der Waals surface area contributed by atoms with Crippen LogP contribution >= 0.6 is 11.6 Å². The zero-order valence-corrected chi connectivity index (χ0v) is 9.46. The van der Waals surface area contributed by atoms with E-state index in [0.29, 0.717) is 5.02 Å². The van der Waals surface area contributed by atoms with Crippen molar-refractivity contribution in [2.45, 2.75) is 12.8 Å². The number of benzene rings is 1. The Morgan fingerprint density at radius 3 is 2.94 bits per heavy atom. The molecule has 1 aromatic carbocycles. The highest BCUT2D eigenvalue weighted by Crippen LogP contribution is 2.23. The van der Waals surface area contributed by atoms with E-state index in [1.54, 1.807) is 0 Å². The van der Waals surface area contributed by atoms with E-state index in [1.165, 1.54) is 30.1 Å². The van der Waals surface area contributed by atoms with Crippen molar-refractivity contribution in [3.8, 4) is 6.07 Å². The molecule has 0 atom stereocenters. The molecule has 0 N–H and O–H groups in total. The van der Waals surface area contributed by atoms with Gasteiger partial charge >= 0.3 is 0 Å². The number of hydrogen-bond donors (Lipinski definition) is 0. The molecule has 1 aromatic rings. The predicted molar refractivity (Wildman–Crippen MR) is 59.7 cm³/mol. The first kappa shape index (κ1) is 12.5. The minimum Gasteiger partial charge on any atom is -0.313 e. The molecule has 0 heterocycles. The standard InChI is InChI=1S/C11H10ClFN2O/c1-15(11(16)3-2-6-14)10-7-8(12)4-5-9(10)13/h4-5,7H,2-3H2,1H3. The Labute approximate surface area is 98.0 Å². The summed E-state index contributed by atoms with van der Waals surface area (Å²) in [6.45, 7) is 0. The molecule has 0 spiro atoms. The third-order valence-electron chi connectivity index (χ3n) is 2.09. The highest BCUT2D eigenvalue weighted by molar-refractivity contribution is 6.30. The predicted octanol–water partition coefficient (Wildman–Crippen LogP) is 2.75. The number of halogens is 2. The van der Waals surface area contributed by atoms with Crippen LogP contribution in [0.15, 0.2) is 18.2 Å². The van der Waals surface area contributed by atoms with E-state index in [9.17, 15) is 9.18 Å². The monoisotopic (exact) mass is 240 g/mol. The van der Waals surface area contributed by atoms with Gasteiger partial charge in [0.2, 0.25) is 5.91 Å². The maximum Gasteiger partial charge on any atom is 0.227 e. The van der Waals surface area contributed by atoms with E-state index in [2.05, 4.69) is 0 Å². The van der Waals surface area contributed by atoms with Crippen LogP contribution in [0.4, 0.5) is 10.1 Å². The number of anilines is 1. The zero-order valence-electron chi connectivity index (χ0n) is 8.70. The second-order valence-electron chi connectivity index (χ2n) is 3.21. The number of carbonyl (C=O) groups excluding carboxylic acids is 1. The summed E-state index contributed by atoms with van der Waals surface area (Å²) in [5.74, 6) is -0.833. The molecule has 0 fully saturated rings. The van der Waals surface area contributed by atoms with Gasteiger partial charge in [-0.3, -0.25) is 4.79 Å². The van der Waals surface area contributed by atoms with Crippen molar-refractivity contribution in [1.82, 2.24) is 0 Å². The van der Waals surface area contributed by atoms with Crippen LogP contribution in [-0.4, -0.2) is 13.0 Å². The summed E-state index contributed by atoms with van der Waals surface area (Å²) in [6, 6.07) is 5.85. The highest BCUT2D eigenvalue weighted by atomic mass is 35.5. The summed E-state index contributed by atoms with van der Waals surface area (Å²) >= 11 is 5.71. The molecule has 0 aliphatic rings. The first-order valence-electron chi connectivity index (χ1n) is 4.65. The number of amides is 1. The van der Waals surface area contributed by atoms with Crippen LogP contribution in [0.2, 0.25) is 5.02 Å². The van der Waals surface area contributed by atoms with Crippen LogP contribution in [0.3, 0.4) is 0 Å². The van der Waals surface area contributed by atoms with Gasteiger partial charge in [-0.1, -0.05) is 11.6 Å². The molecule has 1 amide bonds. The SMILES string of the molecule is CN(C(=O)CCC#N)c1cc(Cl)ccc1F. The Bertz CT molecular complexity index is 442. The van der Waals surface area contributed by atoms with Crippen molar-refractivity contribution in [1.29, 1.82) is 5.26 Å². The van der Waals surface area contributed by atoms with Gasteiger partial charge in [0, 0.05) is 24.9 Å². The van der Waals surface area contributed by atoms with E-state index in [4.69, 9.17) is 16.9 Å². The molecule has 0 saturated carbocycles. The zero-order chi connectivity index (χ0) is 12.1. The third-order valence-corrected chi connectivity index (χ3v) is 2.33. The number of nitrogens with zero attached hydrogens (tertiary/aromatic N) is 2. The van der Waals surface area contributed by atoms with E-state index in [-0.39, 0.29) is 24.4 Å². The molecule has 0 aliphatic carbocycles. The summed E-state index contributed by atoms with van der Waals surface area (Å²) < 4.78 is 13.4. The molecule has 0 aliphatic heterocycles. The fraction of sp³-hybridized carbons (Fsp3) is 0.273.